The second kappa shape index (κ2) is 4.45. The molecule has 0 aliphatic carbocycles. The largest absolute Gasteiger partial charge is 0.204 e. The predicted molar refractivity (Wildman–Crippen MR) is 55.8 cm³/mol. The Kier molecular flexibility index (Phi) is 3.02. The number of benzene rings is 2. The quantitative estimate of drug-likeness (QED) is 0.740. The van der Waals surface area contributed by atoms with Crippen LogP contribution in [0.3, 0.4) is 0 Å². The molecule has 0 saturated carbocycles. The lowest BCUT2D eigenvalue weighted by molar-refractivity contribution is 0.506. The Morgan fingerprint density at radius 1 is 0.867 bits per heavy atom. The van der Waals surface area contributed by atoms with E-state index in [0.717, 1.165) is 11.0 Å². The first-order valence-electron chi connectivity index (χ1n) is 4.35. The molecule has 2 aromatic carbocycles. The lowest BCUT2D eigenvalue weighted by Crippen LogP contribution is -1.83. The maximum absolute atomic E-state index is 12.9. The summed E-state index contributed by atoms with van der Waals surface area (Å²) in [6.45, 7) is 0. The van der Waals surface area contributed by atoms with Crippen LogP contribution in [0.25, 0.3) is 0 Å². The van der Waals surface area contributed by atoms with E-state index in [0.29, 0.717) is 4.90 Å². The van der Waals surface area contributed by atoms with E-state index in [9.17, 15) is 8.78 Å². The lowest BCUT2D eigenvalue weighted by atomic mass is 10.3. The third-order valence-corrected chi connectivity index (χ3v) is 2.81. The Balaban J connectivity index is 2.22. The fourth-order valence-electron chi connectivity index (χ4n) is 1.12. The first kappa shape index (κ1) is 10.2. The zero-order valence-electron chi connectivity index (χ0n) is 7.71. The van der Waals surface area contributed by atoms with Gasteiger partial charge in [-0.1, -0.05) is 23.9 Å². The first-order chi connectivity index (χ1) is 7.25. The van der Waals surface area contributed by atoms with Crippen LogP contribution in [0.4, 0.5) is 8.78 Å². The van der Waals surface area contributed by atoms with Crippen LogP contribution in [0.2, 0.25) is 0 Å². The Hall–Kier alpha value is -1.35. The van der Waals surface area contributed by atoms with Crippen molar-refractivity contribution in [3.05, 3.63) is 60.2 Å². The summed E-state index contributed by atoms with van der Waals surface area (Å²) >= 11 is 1.38. The first-order valence-corrected chi connectivity index (χ1v) is 5.16. The third kappa shape index (κ3) is 2.57. The van der Waals surface area contributed by atoms with Crippen LogP contribution in [0.1, 0.15) is 0 Å². The van der Waals surface area contributed by atoms with Gasteiger partial charge in [0, 0.05) is 9.79 Å². The molecule has 0 fully saturated rings. The fraction of sp³-hybridized carbons (Fsp3) is 0. The van der Waals surface area contributed by atoms with Crippen LogP contribution >= 0.6 is 11.8 Å². The number of halogens is 2. The summed E-state index contributed by atoms with van der Waals surface area (Å²) in [6.07, 6.45) is 0. The predicted octanol–water partition coefficient (Wildman–Crippen LogP) is 3.92. The van der Waals surface area contributed by atoms with Gasteiger partial charge in [-0.3, -0.25) is 0 Å². The minimum Gasteiger partial charge on any atom is -0.204 e. The van der Waals surface area contributed by atoms with Crippen LogP contribution in [-0.4, -0.2) is 0 Å². The maximum Gasteiger partial charge on any atom is 0.159 e. The van der Waals surface area contributed by atoms with Gasteiger partial charge in [-0.15, -0.1) is 0 Å². The van der Waals surface area contributed by atoms with Crippen molar-refractivity contribution in [1.29, 1.82) is 0 Å². The van der Waals surface area contributed by atoms with Crippen molar-refractivity contribution in [2.75, 3.05) is 0 Å². The minimum absolute atomic E-state index is 0.681. The van der Waals surface area contributed by atoms with Crippen molar-refractivity contribution in [1.82, 2.24) is 0 Å². The maximum atomic E-state index is 12.9. The Bertz CT molecular complexity index is 454. The molecule has 0 N–H and O–H groups in total. The smallest absolute Gasteiger partial charge is 0.159 e. The molecule has 0 spiro atoms. The Morgan fingerprint density at radius 3 is 2.27 bits per heavy atom. The topological polar surface area (TPSA) is 0 Å². The molecule has 0 atom stereocenters. The van der Waals surface area contributed by atoms with E-state index in [1.54, 1.807) is 18.2 Å². The molecular weight excluding hydrogens is 214 g/mol. The molecule has 0 aliphatic rings. The normalized spacial score (nSPS) is 10.3. The summed E-state index contributed by atoms with van der Waals surface area (Å²) in [5, 5.41) is 0. The number of hydrogen-bond acceptors (Lipinski definition) is 1. The van der Waals surface area contributed by atoms with E-state index in [1.165, 1.54) is 17.8 Å². The SMILES string of the molecule is Fc1ccc(Sc2cc[c]cc2)cc1F. The summed E-state index contributed by atoms with van der Waals surface area (Å²) in [7, 11) is 0. The van der Waals surface area contributed by atoms with Gasteiger partial charge in [0.2, 0.25) is 0 Å². The van der Waals surface area contributed by atoms with E-state index in [4.69, 9.17) is 0 Å². The van der Waals surface area contributed by atoms with Gasteiger partial charge in [0.1, 0.15) is 0 Å². The summed E-state index contributed by atoms with van der Waals surface area (Å²) in [6, 6.07) is 14.1. The van der Waals surface area contributed by atoms with E-state index in [-0.39, 0.29) is 0 Å². The van der Waals surface area contributed by atoms with Gasteiger partial charge in [-0.2, -0.15) is 0 Å². The Morgan fingerprint density at radius 2 is 1.60 bits per heavy atom. The van der Waals surface area contributed by atoms with Crippen molar-refractivity contribution < 1.29 is 8.78 Å². The molecule has 3 heteroatoms. The molecule has 0 bridgehead atoms. The standard InChI is InChI=1S/C12H7F2S/c13-11-7-6-10(8-12(11)14)15-9-4-2-1-3-5-9/h2-8H. The number of rotatable bonds is 2. The highest BCUT2D eigenvalue weighted by Gasteiger charge is 2.03. The van der Waals surface area contributed by atoms with Gasteiger partial charge in [-0.25, -0.2) is 8.78 Å². The molecule has 1 radical (unpaired) electrons. The van der Waals surface area contributed by atoms with Gasteiger partial charge >= 0.3 is 0 Å². The molecule has 0 saturated heterocycles. The molecule has 0 heterocycles. The molecular formula is C12H7F2S. The van der Waals surface area contributed by atoms with Gasteiger partial charge in [0.05, 0.1) is 0 Å². The molecule has 75 valence electrons. The van der Waals surface area contributed by atoms with Gasteiger partial charge in [0.25, 0.3) is 0 Å². The molecule has 0 unspecified atom stereocenters. The number of hydrogen-bond donors (Lipinski definition) is 0. The molecule has 2 rings (SSSR count). The second-order valence-corrected chi connectivity index (χ2v) is 4.06. The molecule has 0 nitrogen and oxygen atoms in total. The highest BCUT2D eigenvalue weighted by Crippen LogP contribution is 2.27. The molecule has 15 heavy (non-hydrogen) atoms. The van der Waals surface area contributed by atoms with Gasteiger partial charge in [-0.05, 0) is 36.4 Å². The van der Waals surface area contributed by atoms with E-state index < -0.39 is 11.6 Å². The lowest BCUT2D eigenvalue weighted by Gasteiger charge is -2.01. The summed E-state index contributed by atoms with van der Waals surface area (Å²) in [5.41, 5.74) is 0. The second-order valence-electron chi connectivity index (χ2n) is 2.91. The highest BCUT2D eigenvalue weighted by atomic mass is 32.2. The van der Waals surface area contributed by atoms with Crippen molar-refractivity contribution >= 4 is 11.8 Å². The van der Waals surface area contributed by atoms with Crippen LogP contribution < -0.4 is 0 Å². The zero-order valence-corrected chi connectivity index (χ0v) is 8.52. The van der Waals surface area contributed by atoms with Gasteiger partial charge in [0.15, 0.2) is 11.6 Å². The fourth-order valence-corrected chi connectivity index (χ4v) is 1.96. The van der Waals surface area contributed by atoms with Crippen LogP contribution in [-0.2, 0) is 0 Å². The van der Waals surface area contributed by atoms with Crippen LogP contribution in [0.5, 0.6) is 0 Å². The monoisotopic (exact) mass is 221 g/mol. The third-order valence-electron chi connectivity index (χ3n) is 1.81. The van der Waals surface area contributed by atoms with Crippen molar-refractivity contribution in [3.8, 4) is 0 Å². The van der Waals surface area contributed by atoms with Crippen molar-refractivity contribution in [2.24, 2.45) is 0 Å². The van der Waals surface area contributed by atoms with Crippen molar-refractivity contribution in [2.45, 2.75) is 9.79 Å². The van der Waals surface area contributed by atoms with Gasteiger partial charge < -0.3 is 0 Å². The van der Waals surface area contributed by atoms with E-state index in [1.807, 2.05) is 12.1 Å². The van der Waals surface area contributed by atoms with Crippen LogP contribution in [0, 0.1) is 17.7 Å². The van der Waals surface area contributed by atoms with Crippen molar-refractivity contribution in [3.63, 3.8) is 0 Å². The highest BCUT2D eigenvalue weighted by molar-refractivity contribution is 7.99. The summed E-state index contributed by atoms with van der Waals surface area (Å²) in [4.78, 5) is 1.65. The van der Waals surface area contributed by atoms with Crippen LogP contribution in [0.15, 0.2) is 52.3 Å². The molecule has 2 aromatic rings. The van der Waals surface area contributed by atoms with E-state index in [2.05, 4.69) is 6.07 Å². The zero-order chi connectivity index (χ0) is 10.7. The molecule has 0 aromatic heterocycles. The molecule has 0 amide bonds. The minimum atomic E-state index is -0.819. The average molecular weight is 221 g/mol. The summed E-state index contributed by atoms with van der Waals surface area (Å²) in [5.74, 6) is -1.64. The summed E-state index contributed by atoms with van der Waals surface area (Å²) < 4.78 is 25.5. The molecule has 0 aliphatic heterocycles. The Labute approximate surface area is 90.9 Å². The van der Waals surface area contributed by atoms with E-state index >= 15 is 0 Å². The average Bonchev–Trinajstić information content (AvgIpc) is 2.25.